The first-order valence-corrected chi connectivity index (χ1v) is 11.0. The van der Waals surface area contributed by atoms with E-state index in [0.29, 0.717) is 13.1 Å². The van der Waals surface area contributed by atoms with Crippen molar-refractivity contribution in [2.75, 3.05) is 39.3 Å². The maximum atomic E-state index is 12.9. The highest BCUT2D eigenvalue weighted by Crippen LogP contribution is 2.21. The van der Waals surface area contributed by atoms with E-state index in [1.807, 2.05) is 54.0 Å². The van der Waals surface area contributed by atoms with Crippen molar-refractivity contribution in [1.29, 1.82) is 0 Å². The average Bonchev–Trinajstić information content (AvgIpc) is 3.12. The van der Waals surface area contributed by atoms with E-state index in [-0.39, 0.29) is 17.9 Å². The van der Waals surface area contributed by atoms with Gasteiger partial charge in [0, 0.05) is 44.8 Å². The molecule has 0 saturated carbocycles. The molecule has 2 fully saturated rings. The monoisotopic (exact) mass is 405 g/mol. The molecule has 0 spiro atoms. The maximum absolute atomic E-state index is 12.9. The molecule has 1 atom stereocenters. The van der Waals surface area contributed by atoms with E-state index in [9.17, 15) is 9.59 Å². The van der Waals surface area contributed by atoms with Crippen LogP contribution in [-0.2, 0) is 11.2 Å². The van der Waals surface area contributed by atoms with Gasteiger partial charge in [0.25, 0.3) is 5.91 Å². The second-order valence-corrected chi connectivity index (χ2v) is 8.57. The zero-order valence-electron chi connectivity index (χ0n) is 18.0. The minimum absolute atomic E-state index is 0.0285. The lowest BCUT2D eigenvalue weighted by Crippen LogP contribution is -2.53. The number of hydrogen-bond donors (Lipinski definition) is 0. The van der Waals surface area contributed by atoms with Crippen LogP contribution in [0.15, 0.2) is 48.5 Å². The molecule has 4 rings (SSSR count). The number of rotatable bonds is 5. The van der Waals surface area contributed by atoms with Crippen LogP contribution in [0, 0.1) is 13.8 Å². The van der Waals surface area contributed by atoms with Gasteiger partial charge < -0.3 is 9.80 Å². The summed E-state index contributed by atoms with van der Waals surface area (Å²) in [5.74, 6) is 0.351. The number of aryl methyl sites for hydroxylation is 2. The highest BCUT2D eigenvalue weighted by molar-refractivity contribution is 5.94. The molecule has 2 aliphatic rings. The molecule has 2 saturated heterocycles. The number of hydrogen-bond acceptors (Lipinski definition) is 3. The highest BCUT2D eigenvalue weighted by Gasteiger charge is 2.37. The molecule has 1 unspecified atom stereocenters. The molecule has 5 heteroatoms. The molecular weight excluding hydrogens is 374 g/mol. The highest BCUT2D eigenvalue weighted by atomic mass is 16.2. The minimum Gasteiger partial charge on any atom is -0.341 e. The summed E-state index contributed by atoms with van der Waals surface area (Å²) in [6.07, 6.45) is 1.79. The molecule has 0 radical (unpaired) electrons. The first-order valence-electron chi connectivity index (χ1n) is 11.0. The summed E-state index contributed by atoms with van der Waals surface area (Å²) in [6.45, 7) is 8.55. The molecule has 0 aromatic heterocycles. The van der Waals surface area contributed by atoms with Crippen LogP contribution in [0.2, 0.25) is 0 Å². The van der Waals surface area contributed by atoms with Crippen LogP contribution in [0.5, 0.6) is 0 Å². The van der Waals surface area contributed by atoms with Crippen LogP contribution >= 0.6 is 0 Å². The second-order valence-electron chi connectivity index (χ2n) is 8.57. The molecule has 2 aromatic rings. The third kappa shape index (κ3) is 4.57. The fraction of sp³-hybridized carbons (Fsp3) is 0.440. The molecule has 2 aliphatic heterocycles. The van der Waals surface area contributed by atoms with Crippen molar-refractivity contribution >= 4 is 11.8 Å². The average molecular weight is 406 g/mol. The van der Waals surface area contributed by atoms with Gasteiger partial charge in [-0.2, -0.15) is 0 Å². The standard InChI is InChI=1S/C25H31N3O2/c1-19-16-20(2)18-22(17-19)24(29)28-14-12-26(13-15-28)23-9-11-27(25(23)30)10-8-21-6-4-3-5-7-21/h3-7,16-18,23H,8-15H2,1-2H3. The van der Waals surface area contributed by atoms with E-state index in [1.165, 1.54) is 5.56 Å². The molecule has 158 valence electrons. The zero-order chi connectivity index (χ0) is 21.1. The smallest absolute Gasteiger partial charge is 0.253 e. The summed E-state index contributed by atoms with van der Waals surface area (Å²) in [5, 5.41) is 0. The molecular formula is C25H31N3O2. The quantitative estimate of drug-likeness (QED) is 0.768. The molecule has 2 heterocycles. The second kappa shape index (κ2) is 9.00. The third-order valence-electron chi connectivity index (χ3n) is 6.29. The van der Waals surface area contributed by atoms with E-state index in [1.54, 1.807) is 0 Å². The van der Waals surface area contributed by atoms with Gasteiger partial charge in [0.05, 0.1) is 6.04 Å². The Hall–Kier alpha value is -2.66. The Morgan fingerprint density at radius 2 is 1.60 bits per heavy atom. The summed E-state index contributed by atoms with van der Waals surface area (Å²) in [6, 6.07) is 16.3. The lowest BCUT2D eigenvalue weighted by molar-refractivity contribution is -0.132. The Balaban J connectivity index is 1.30. The summed E-state index contributed by atoms with van der Waals surface area (Å²) in [4.78, 5) is 32.0. The minimum atomic E-state index is -0.0285. The predicted molar refractivity (Wildman–Crippen MR) is 119 cm³/mol. The third-order valence-corrected chi connectivity index (χ3v) is 6.29. The fourth-order valence-electron chi connectivity index (χ4n) is 4.71. The summed E-state index contributed by atoms with van der Waals surface area (Å²) < 4.78 is 0. The normalized spacial score (nSPS) is 20.1. The number of likely N-dealkylation sites (tertiary alicyclic amines) is 1. The van der Waals surface area contributed by atoms with Crippen molar-refractivity contribution in [3.8, 4) is 0 Å². The largest absolute Gasteiger partial charge is 0.341 e. The first kappa shape index (κ1) is 20.6. The van der Waals surface area contributed by atoms with Gasteiger partial charge in [0.15, 0.2) is 0 Å². The summed E-state index contributed by atoms with van der Waals surface area (Å²) in [5.41, 5.74) is 4.27. The lowest BCUT2D eigenvalue weighted by Gasteiger charge is -2.37. The summed E-state index contributed by atoms with van der Waals surface area (Å²) >= 11 is 0. The van der Waals surface area contributed by atoms with E-state index < -0.39 is 0 Å². The van der Waals surface area contributed by atoms with Gasteiger partial charge in [-0.05, 0) is 44.4 Å². The van der Waals surface area contributed by atoms with Crippen LogP contribution in [0.25, 0.3) is 0 Å². The molecule has 5 nitrogen and oxygen atoms in total. The van der Waals surface area contributed by atoms with Gasteiger partial charge in [0.1, 0.15) is 0 Å². The van der Waals surface area contributed by atoms with E-state index in [2.05, 4.69) is 23.1 Å². The topological polar surface area (TPSA) is 43.9 Å². The number of carbonyl (C=O) groups is 2. The van der Waals surface area contributed by atoms with E-state index in [4.69, 9.17) is 0 Å². The molecule has 30 heavy (non-hydrogen) atoms. The van der Waals surface area contributed by atoms with Gasteiger partial charge in [-0.25, -0.2) is 0 Å². The SMILES string of the molecule is Cc1cc(C)cc(C(=O)N2CCN(C3CCN(CCc4ccccc4)C3=O)CC2)c1. The van der Waals surface area contributed by atoms with E-state index >= 15 is 0 Å². The van der Waals surface area contributed by atoms with Crippen LogP contribution in [0.1, 0.15) is 33.5 Å². The Morgan fingerprint density at radius 3 is 2.27 bits per heavy atom. The van der Waals surface area contributed by atoms with Crippen molar-refractivity contribution in [3.05, 3.63) is 70.8 Å². The number of benzene rings is 2. The van der Waals surface area contributed by atoms with Crippen molar-refractivity contribution in [2.45, 2.75) is 32.7 Å². The number of amides is 2. The fourth-order valence-corrected chi connectivity index (χ4v) is 4.71. The van der Waals surface area contributed by atoms with Crippen molar-refractivity contribution in [3.63, 3.8) is 0 Å². The number of nitrogens with zero attached hydrogens (tertiary/aromatic N) is 3. The Kier molecular flexibility index (Phi) is 6.18. The lowest BCUT2D eigenvalue weighted by atomic mass is 10.1. The molecule has 0 bridgehead atoms. The Labute approximate surface area is 179 Å². The van der Waals surface area contributed by atoms with Crippen LogP contribution in [-0.4, -0.2) is 71.8 Å². The molecule has 0 aliphatic carbocycles. The van der Waals surface area contributed by atoms with E-state index in [0.717, 1.165) is 55.7 Å². The van der Waals surface area contributed by atoms with Gasteiger partial charge >= 0.3 is 0 Å². The first-order chi connectivity index (χ1) is 14.5. The van der Waals surface area contributed by atoms with Gasteiger partial charge in [0.2, 0.25) is 5.91 Å². The zero-order valence-corrected chi connectivity index (χ0v) is 18.0. The molecule has 0 N–H and O–H groups in total. The predicted octanol–water partition coefficient (Wildman–Crippen LogP) is 2.90. The maximum Gasteiger partial charge on any atom is 0.253 e. The van der Waals surface area contributed by atoms with Crippen LogP contribution < -0.4 is 0 Å². The Bertz CT molecular complexity index is 884. The van der Waals surface area contributed by atoms with Gasteiger partial charge in [-0.15, -0.1) is 0 Å². The van der Waals surface area contributed by atoms with Crippen LogP contribution in [0.3, 0.4) is 0 Å². The summed E-state index contributed by atoms with van der Waals surface area (Å²) in [7, 11) is 0. The van der Waals surface area contributed by atoms with Gasteiger partial charge in [-0.3, -0.25) is 14.5 Å². The number of piperazine rings is 1. The van der Waals surface area contributed by atoms with Crippen LogP contribution in [0.4, 0.5) is 0 Å². The van der Waals surface area contributed by atoms with Crippen molar-refractivity contribution < 1.29 is 9.59 Å². The van der Waals surface area contributed by atoms with Gasteiger partial charge in [-0.1, -0.05) is 47.5 Å². The van der Waals surface area contributed by atoms with Crippen molar-refractivity contribution in [1.82, 2.24) is 14.7 Å². The van der Waals surface area contributed by atoms with Crippen molar-refractivity contribution in [2.24, 2.45) is 0 Å². The Morgan fingerprint density at radius 1 is 0.933 bits per heavy atom. The number of carbonyl (C=O) groups excluding carboxylic acids is 2. The molecule has 2 aromatic carbocycles. The molecule has 2 amide bonds.